The maximum Gasteiger partial charge on any atom is 0.194 e. The van der Waals surface area contributed by atoms with Gasteiger partial charge in [-0.1, -0.05) is 41.7 Å². The third-order valence-corrected chi connectivity index (χ3v) is 7.37. The second-order valence-electron chi connectivity index (χ2n) is 7.94. The molecule has 1 aliphatic rings. The quantitative estimate of drug-likeness (QED) is 0.325. The molecular formula is C26H21N5OS2. The molecule has 0 amide bonds. The molecule has 0 saturated carbocycles. The molecule has 1 fully saturated rings. The van der Waals surface area contributed by atoms with Crippen LogP contribution in [0.3, 0.4) is 0 Å². The van der Waals surface area contributed by atoms with Crippen molar-refractivity contribution >= 4 is 44.6 Å². The molecule has 168 valence electrons. The van der Waals surface area contributed by atoms with E-state index >= 15 is 0 Å². The van der Waals surface area contributed by atoms with Gasteiger partial charge >= 0.3 is 0 Å². The van der Waals surface area contributed by atoms with Crippen LogP contribution in [0.4, 0.5) is 5.69 Å². The Morgan fingerprint density at radius 2 is 1.79 bits per heavy atom. The highest BCUT2D eigenvalue weighted by atomic mass is 32.1. The number of rotatable bonds is 5. The van der Waals surface area contributed by atoms with Crippen LogP contribution >= 0.6 is 23.6 Å². The van der Waals surface area contributed by atoms with Gasteiger partial charge in [-0.15, -0.1) is 0 Å². The number of fused-ring (bicyclic) bond motifs is 1. The monoisotopic (exact) mass is 483 g/mol. The van der Waals surface area contributed by atoms with Gasteiger partial charge in [0, 0.05) is 12.4 Å². The predicted molar refractivity (Wildman–Crippen MR) is 140 cm³/mol. The van der Waals surface area contributed by atoms with Crippen LogP contribution in [-0.4, -0.2) is 26.8 Å². The molecule has 1 saturated heterocycles. The first-order valence-corrected chi connectivity index (χ1v) is 12.1. The van der Waals surface area contributed by atoms with E-state index in [2.05, 4.69) is 44.2 Å². The van der Waals surface area contributed by atoms with Crippen molar-refractivity contribution in [2.45, 2.75) is 12.1 Å². The topological polar surface area (TPSA) is 55.2 Å². The number of thiazole rings is 1. The van der Waals surface area contributed by atoms with Gasteiger partial charge in [0.25, 0.3) is 0 Å². The summed E-state index contributed by atoms with van der Waals surface area (Å²) >= 11 is 7.55. The Morgan fingerprint density at radius 3 is 2.62 bits per heavy atom. The zero-order chi connectivity index (χ0) is 23.1. The molecule has 0 aliphatic carbocycles. The van der Waals surface area contributed by atoms with Gasteiger partial charge in [-0.05, 0) is 60.7 Å². The van der Waals surface area contributed by atoms with Crippen molar-refractivity contribution in [2.24, 2.45) is 0 Å². The second-order valence-corrected chi connectivity index (χ2v) is 9.33. The van der Waals surface area contributed by atoms with Gasteiger partial charge in [-0.25, -0.2) is 4.98 Å². The molecule has 0 spiro atoms. The van der Waals surface area contributed by atoms with Gasteiger partial charge in [-0.3, -0.25) is 9.55 Å². The predicted octanol–water partition coefficient (Wildman–Crippen LogP) is 5.67. The number of anilines is 1. The molecule has 8 heteroatoms. The first kappa shape index (κ1) is 20.8. The highest BCUT2D eigenvalue weighted by molar-refractivity contribution is 7.80. The van der Waals surface area contributed by atoms with Crippen LogP contribution in [0.1, 0.15) is 23.5 Å². The fourth-order valence-electron chi connectivity index (χ4n) is 4.52. The standard InChI is InChI=1S/C26H21N5OS2/c1-32-21-13-4-3-11-19(21)31-24(23(29-25(31)33)18-10-6-7-15-27-18)20-12-8-16-30(20)26-28-17-9-2-5-14-22(17)34-26/h2-16,23-24H,1H3,(H,29,33). The fraction of sp³-hybridized carbons (Fsp3) is 0.115. The summed E-state index contributed by atoms with van der Waals surface area (Å²) in [4.78, 5) is 11.7. The summed E-state index contributed by atoms with van der Waals surface area (Å²) in [5, 5.41) is 5.07. The third-order valence-electron chi connectivity index (χ3n) is 6.01. The fourth-order valence-corrected chi connectivity index (χ4v) is 5.83. The van der Waals surface area contributed by atoms with Crippen LogP contribution in [0, 0.1) is 0 Å². The number of methoxy groups -OCH3 is 1. The van der Waals surface area contributed by atoms with Gasteiger partial charge in [0.2, 0.25) is 0 Å². The lowest BCUT2D eigenvalue weighted by molar-refractivity contribution is 0.414. The maximum atomic E-state index is 5.88. The molecule has 34 heavy (non-hydrogen) atoms. The molecule has 0 radical (unpaired) electrons. The summed E-state index contributed by atoms with van der Waals surface area (Å²) in [5.41, 5.74) is 3.88. The van der Waals surface area contributed by atoms with Crippen LogP contribution in [0.2, 0.25) is 0 Å². The number of aromatic nitrogens is 3. The van der Waals surface area contributed by atoms with Crippen molar-refractivity contribution in [3.63, 3.8) is 0 Å². The molecular weight excluding hydrogens is 462 g/mol. The minimum absolute atomic E-state index is 0.151. The molecule has 3 aromatic heterocycles. The lowest BCUT2D eigenvalue weighted by Gasteiger charge is -2.29. The summed E-state index contributed by atoms with van der Waals surface area (Å²) in [5.74, 6) is 0.761. The van der Waals surface area contributed by atoms with Gasteiger partial charge in [0.1, 0.15) is 11.8 Å². The van der Waals surface area contributed by atoms with Crippen LogP contribution < -0.4 is 15.0 Å². The number of benzene rings is 2. The summed E-state index contributed by atoms with van der Waals surface area (Å²) < 4.78 is 9.01. The molecule has 1 N–H and O–H groups in total. The van der Waals surface area contributed by atoms with E-state index in [4.69, 9.17) is 21.9 Å². The molecule has 0 bridgehead atoms. The number of pyridine rings is 1. The Hall–Kier alpha value is -3.75. The lowest BCUT2D eigenvalue weighted by Crippen LogP contribution is -2.30. The van der Waals surface area contributed by atoms with Crippen LogP contribution in [0.15, 0.2) is 91.3 Å². The van der Waals surface area contributed by atoms with Crippen molar-refractivity contribution < 1.29 is 4.74 Å². The minimum Gasteiger partial charge on any atom is -0.495 e. The molecule has 2 aromatic carbocycles. The van der Waals surface area contributed by atoms with E-state index in [-0.39, 0.29) is 12.1 Å². The zero-order valence-electron chi connectivity index (χ0n) is 18.3. The number of hydrogen-bond donors (Lipinski definition) is 1. The highest BCUT2D eigenvalue weighted by Gasteiger charge is 2.43. The number of para-hydroxylation sites is 3. The Labute approximate surface area is 206 Å². The Morgan fingerprint density at radius 1 is 0.971 bits per heavy atom. The SMILES string of the molecule is COc1ccccc1N1C(=S)NC(c2ccccn2)C1c1cccn1-c1nc2ccccc2s1. The number of thiocarbonyl (C=S) groups is 1. The zero-order valence-corrected chi connectivity index (χ0v) is 20.0. The number of nitrogens with zero attached hydrogens (tertiary/aromatic N) is 4. The maximum absolute atomic E-state index is 5.88. The van der Waals surface area contributed by atoms with E-state index in [9.17, 15) is 0 Å². The molecule has 1 aliphatic heterocycles. The smallest absolute Gasteiger partial charge is 0.194 e. The molecule has 2 unspecified atom stereocenters. The van der Waals surface area contributed by atoms with Gasteiger partial charge in [0.05, 0.1) is 40.4 Å². The van der Waals surface area contributed by atoms with Crippen LogP contribution in [0.5, 0.6) is 5.75 Å². The van der Waals surface area contributed by atoms with E-state index < -0.39 is 0 Å². The largest absolute Gasteiger partial charge is 0.495 e. The number of ether oxygens (including phenoxy) is 1. The van der Waals surface area contributed by atoms with Crippen molar-refractivity contribution in [2.75, 3.05) is 12.0 Å². The Balaban J connectivity index is 1.53. The van der Waals surface area contributed by atoms with Crippen LogP contribution in [0.25, 0.3) is 15.3 Å². The molecule has 6 rings (SSSR count). The van der Waals surface area contributed by atoms with Crippen molar-refractivity contribution in [1.82, 2.24) is 19.9 Å². The van der Waals surface area contributed by atoms with Gasteiger partial charge in [0.15, 0.2) is 10.2 Å². The molecule has 2 atom stereocenters. The Kier molecular flexibility index (Phi) is 5.24. The van der Waals surface area contributed by atoms with Crippen LogP contribution in [-0.2, 0) is 0 Å². The molecule has 5 aromatic rings. The average Bonchev–Trinajstić information content (AvgIpc) is 3.60. The lowest BCUT2D eigenvalue weighted by atomic mass is 10.0. The third kappa shape index (κ3) is 3.43. The van der Waals surface area contributed by atoms with Crippen molar-refractivity contribution in [3.05, 3.63) is 103 Å². The van der Waals surface area contributed by atoms with Gasteiger partial charge < -0.3 is 15.0 Å². The average molecular weight is 484 g/mol. The summed E-state index contributed by atoms with van der Waals surface area (Å²) in [6.45, 7) is 0. The Bertz CT molecular complexity index is 1450. The highest BCUT2D eigenvalue weighted by Crippen LogP contribution is 2.45. The minimum atomic E-state index is -0.166. The summed E-state index contributed by atoms with van der Waals surface area (Å²) in [6.07, 6.45) is 3.87. The second kappa shape index (κ2) is 8.55. The van der Waals surface area contributed by atoms with Crippen molar-refractivity contribution in [3.8, 4) is 10.9 Å². The normalized spacial score (nSPS) is 17.8. The van der Waals surface area contributed by atoms with Crippen molar-refractivity contribution in [1.29, 1.82) is 0 Å². The summed E-state index contributed by atoms with van der Waals surface area (Å²) in [6, 6.07) is 26.0. The first-order chi connectivity index (χ1) is 16.7. The van der Waals surface area contributed by atoms with E-state index in [0.717, 1.165) is 38.2 Å². The van der Waals surface area contributed by atoms with E-state index in [1.807, 2.05) is 66.9 Å². The molecule has 4 heterocycles. The van der Waals surface area contributed by atoms with E-state index in [1.54, 1.807) is 18.4 Å². The first-order valence-electron chi connectivity index (χ1n) is 10.9. The van der Waals surface area contributed by atoms with Gasteiger partial charge in [-0.2, -0.15) is 0 Å². The number of hydrogen-bond acceptors (Lipinski definition) is 5. The van der Waals surface area contributed by atoms with E-state index in [1.165, 1.54) is 0 Å². The molecule has 6 nitrogen and oxygen atoms in total. The summed E-state index contributed by atoms with van der Waals surface area (Å²) in [7, 11) is 1.68. The van der Waals surface area contributed by atoms with E-state index in [0.29, 0.717) is 5.11 Å². The number of nitrogens with one attached hydrogen (secondary N) is 1.